The van der Waals surface area contributed by atoms with Crippen LogP contribution < -0.4 is 20.1 Å². The molecular formula is C31H37N5O3. The van der Waals surface area contributed by atoms with E-state index in [4.69, 9.17) is 14.5 Å². The molecule has 0 saturated heterocycles. The Bertz CT molecular complexity index is 1360. The van der Waals surface area contributed by atoms with Gasteiger partial charge in [0.2, 0.25) is 5.96 Å². The average Bonchev–Trinajstić information content (AvgIpc) is 3.35. The van der Waals surface area contributed by atoms with Crippen molar-refractivity contribution in [2.75, 3.05) is 13.7 Å². The summed E-state index contributed by atoms with van der Waals surface area (Å²) in [5.74, 6) is 2.03. The van der Waals surface area contributed by atoms with Crippen LogP contribution in [0.2, 0.25) is 0 Å². The maximum atomic E-state index is 13.7. The van der Waals surface area contributed by atoms with E-state index in [1.54, 1.807) is 12.0 Å². The first-order valence-corrected chi connectivity index (χ1v) is 13.1. The Labute approximate surface area is 230 Å². The van der Waals surface area contributed by atoms with Gasteiger partial charge in [0.1, 0.15) is 11.5 Å². The molecule has 204 valence electrons. The third-order valence-electron chi connectivity index (χ3n) is 6.58. The van der Waals surface area contributed by atoms with Crippen LogP contribution in [0.15, 0.2) is 65.8 Å². The van der Waals surface area contributed by atoms with Crippen molar-refractivity contribution < 1.29 is 14.3 Å². The van der Waals surface area contributed by atoms with Crippen molar-refractivity contribution in [3.8, 4) is 11.5 Å². The molecule has 1 aromatic heterocycles. The first kappa shape index (κ1) is 27.7. The van der Waals surface area contributed by atoms with Gasteiger partial charge in [-0.05, 0) is 79.8 Å². The Morgan fingerprint density at radius 3 is 2.49 bits per heavy atom. The molecule has 2 N–H and O–H groups in total. The van der Waals surface area contributed by atoms with E-state index in [1.807, 2.05) is 63.2 Å². The topological polar surface area (TPSA) is 88.1 Å². The summed E-state index contributed by atoms with van der Waals surface area (Å²) in [4.78, 5) is 24.7. The number of carbonyl (C=O) groups excluding carboxylic acids is 1. The molecule has 2 amide bonds. The second kappa shape index (κ2) is 12.5. The monoisotopic (exact) mass is 527 g/mol. The molecule has 0 atom stereocenters. The lowest BCUT2D eigenvalue weighted by molar-refractivity contribution is 0.197. The van der Waals surface area contributed by atoms with Crippen LogP contribution in [0.25, 0.3) is 0 Å². The number of carbonyl (C=O) groups is 1. The van der Waals surface area contributed by atoms with Gasteiger partial charge in [0.15, 0.2) is 0 Å². The summed E-state index contributed by atoms with van der Waals surface area (Å²) in [5.41, 5.74) is 7.91. The molecule has 0 fully saturated rings. The number of fused-ring (bicyclic) bond motifs is 1. The molecule has 0 spiro atoms. The number of guanidine groups is 1. The minimum atomic E-state index is -0.273. The van der Waals surface area contributed by atoms with Gasteiger partial charge >= 0.3 is 6.03 Å². The molecule has 1 aliphatic rings. The molecule has 0 unspecified atom stereocenters. The van der Waals surface area contributed by atoms with Crippen LogP contribution in [-0.2, 0) is 26.1 Å². The summed E-state index contributed by atoms with van der Waals surface area (Å²) in [6, 6.07) is 15.6. The largest absolute Gasteiger partial charge is 0.497 e. The highest BCUT2D eigenvalue weighted by molar-refractivity contribution is 5.96. The summed E-state index contributed by atoms with van der Waals surface area (Å²) in [5, 5.41) is 6.09. The van der Waals surface area contributed by atoms with E-state index < -0.39 is 0 Å². The molecule has 3 aromatic rings. The number of ether oxygens (including phenoxy) is 2. The number of methoxy groups -OCH3 is 1. The van der Waals surface area contributed by atoms with E-state index in [-0.39, 0.29) is 6.03 Å². The van der Waals surface area contributed by atoms with E-state index in [0.29, 0.717) is 37.9 Å². The molecule has 2 aromatic carbocycles. The van der Waals surface area contributed by atoms with Crippen molar-refractivity contribution in [1.29, 1.82) is 0 Å². The third kappa shape index (κ3) is 7.37. The van der Waals surface area contributed by atoms with Crippen LogP contribution in [0, 0.1) is 20.8 Å². The summed E-state index contributed by atoms with van der Waals surface area (Å²) >= 11 is 0. The van der Waals surface area contributed by atoms with Gasteiger partial charge in [-0.25, -0.2) is 9.79 Å². The van der Waals surface area contributed by atoms with Crippen molar-refractivity contribution >= 4 is 12.0 Å². The van der Waals surface area contributed by atoms with Gasteiger partial charge in [0, 0.05) is 36.6 Å². The SMILES string of the molecule is C=C(C)NC(=NCc1c(C)cc(C)nc1C)NC(=O)N(Cc1ccc(OC)cc1)Cc1ccc2c(c1)CCO2. The number of amides is 2. The minimum absolute atomic E-state index is 0.273. The second-order valence-corrected chi connectivity index (χ2v) is 9.89. The number of hydrogen-bond acceptors (Lipinski definition) is 5. The summed E-state index contributed by atoms with van der Waals surface area (Å²) in [7, 11) is 1.64. The van der Waals surface area contributed by atoms with Crippen LogP contribution >= 0.6 is 0 Å². The van der Waals surface area contributed by atoms with Crippen LogP contribution in [0.5, 0.6) is 11.5 Å². The maximum absolute atomic E-state index is 13.7. The van der Waals surface area contributed by atoms with E-state index in [9.17, 15) is 4.79 Å². The summed E-state index contributed by atoms with van der Waals surface area (Å²) in [6.07, 6.45) is 0.875. The highest BCUT2D eigenvalue weighted by Gasteiger charge is 2.19. The average molecular weight is 528 g/mol. The lowest BCUT2D eigenvalue weighted by atomic mass is 10.1. The second-order valence-electron chi connectivity index (χ2n) is 9.89. The van der Waals surface area contributed by atoms with Crippen molar-refractivity contribution in [3.05, 3.63) is 100 Å². The molecule has 8 nitrogen and oxygen atoms in total. The Kier molecular flexibility index (Phi) is 8.86. The number of rotatable bonds is 8. The number of nitrogens with zero attached hydrogens (tertiary/aromatic N) is 3. The summed E-state index contributed by atoms with van der Waals surface area (Å²) < 4.78 is 11.0. The molecule has 2 heterocycles. The predicted molar refractivity (Wildman–Crippen MR) is 154 cm³/mol. The maximum Gasteiger partial charge on any atom is 0.324 e. The highest BCUT2D eigenvalue weighted by atomic mass is 16.5. The zero-order valence-corrected chi connectivity index (χ0v) is 23.4. The van der Waals surface area contributed by atoms with Crippen molar-refractivity contribution in [3.63, 3.8) is 0 Å². The number of hydrogen-bond donors (Lipinski definition) is 2. The molecule has 0 saturated carbocycles. The van der Waals surface area contributed by atoms with Crippen molar-refractivity contribution in [2.45, 2.75) is 53.8 Å². The highest BCUT2D eigenvalue weighted by Crippen LogP contribution is 2.27. The number of aromatic nitrogens is 1. The quantitative estimate of drug-likeness (QED) is 0.305. The molecule has 39 heavy (non-hydrogen) atoms. The summed E-state index contributed by atoms with van der Waals surface area (Å²) in [6.45, 7) is 13.7. The standard InChI is InChI=1S/C31H37N5O3/c1-20(2)33-30(32-17-28-21(3)15-22(4)34-23(28)5)35-31(37)36(18-24-7-10-27(38-6)11-8-24)19-25-9-12-29-26(16-25)13-14-39-29/h7-12,15-16H,1,13-14,17-19H2,2-6H3,(H2,32,33,35,37). The lowest BCUT2D eigenvalue weighted by Crippen LogP contribution is -2.47. The predicted octanol–water partition coefficient (Wildman–Crippen LogP) is 5.34. The normalized spacial score (nSPS) is 12.4. The van der Waals surface area contributed by atoms with Gasteiger partial charge in [-0.1, -0.05) is 30.8 Å². The van der Waals surface area contributed by atoms with Crippen molar-refractivity contribution in [2.24, 2.45) is 4.99 Å². The van der Waals surface area contributed by atoms with E-state index in [2.05, 4.69) is 35.2 Å². The van der Waals surface area contributed by atoms with Gasteiger partial charge in [-0.15, -0.1) is 0 Å². The van der Waals surface area contributed by atoms with E-state index in [1.165, 1.54) is 5.56 Å². The Hall–Kier alpha value is -4.33. The molecular weight excluding hydrogens is 490 g/mol. The number of nitrogens with one attached hydrogen (secondary N) is 2. The number of aryl methyl sites for hydroxylation is 3. The van der Waals surface area contributed by atoms with Crippen LogP contribution in [0.1, 0.15) is 46.1 Å². The van der Waals surface area contributed by atoms with Gasteiger partial charge < -0.3 is 19.7 Å². The first-order chi connectivity index (χ1) is 18.7. The van der Waals surface area contributed by atoms with E-state index >= 15 is 0 Å². The number of aliphatic imine (C=N–C) groups is 1. The number of benzene rings is 2. The third-order valence-corrected chi connectivity index (χ3v) is 6.58. The van der Waals surface area contributed by atoms with E-state index in [0.717, 1.165) is 51.6 Å². The fourth-order valence-electron chi connectivity index (χ4n) is 4.65. The number of urea groups is 1. The van der Waals surface area contributed by atoms with Gasteiger partial charge in [0.05, 0.1) is 20.3 Å². The zero-order chi connectivity index (χ0) is 27.9. The molecule has 8 heteroatoms. The first-order valence-electron chi connectivity index (χ1n) is 13.1. The molecule has 1 aliphatic heterocycles. The van der Waals surface area contributed by atoms with Gasteiger partial charge in [-0.2, -0.15) is 0 Å². The van der Waals surface area contributed by atoms with Crippen LogP contribution in [-0.4, -0.2) is 35.6 Å². The van der Waals surface area contributed by atoms with Crippen molar-refractivity contribution in [1.82, 2.24) is 20.5 Å². The molecule has 0 aliphatic carbocycles. The lowest BCUT2D eigenvalue weighted by Gasteiger charge is -2.24. The Balaban J connectivity index is 1.57. The van der Waals surface area contributed by atoms with Crippen LogP contribution in [0.4, 0.5) is 4.79 Å². The molecule has 0 radical (unpaired) electrons. The van der Waals surface area contributed by atoms with Gasteiger partial charge in [0.25, 0.3) is 0 Å². The fourth-order valence-corrected chi connectivity index (χ4v) is 4.65. The zero-order valence-electron chi connectivity index (χ0n) is 23.4. The Morgan fingerprint density at radius 1 is 1.08 bits per heavy atom. The molecule has 0 bridgehead atoms. The van der Waals surface area contributed by atoms with Gasteiger partial charge in [-0.3, -0.25) is 10.3 Å². The smallest absolute Gasteiger partial charge is 0.324 e. The number of pyridine rings is 1. The Morgan fingerprint density at radius 2 is 1.79 bits per heavy atom. The number of allylic oxidation sites excluding steroid dienone is 1. The molecule has 4 rings (SSSR count). The fraction of sp³-hybridized carbons (Fsp3) is 0.323. The minimum Gasteiger partial charge on any atom is -0.497 e. The van der Waals surface area contributed by atoms with Crippen LogP contribution in [0.3, 0.4) is 0 Å².